The van der Waals surface area contributed by atoms with Crippen LogP contribution in [0.25, 0.3) is 0 Å². The molecule has 1 nitrogen and oxygen atoms in total. The van der Waals surface area contributed by atoms with Gasteiger partial charge in [-0.25, -0.2) is 0 Å². The summed E-state index contributed by atoms with van der Waals surface area (Å²) in [6.45, 7) is -2.70. The van der Waals surface area contributed by atoms with Gasteiger partial charge in [0.15, 0.2) is 0 Å². The summed E-state index contributed by atoms with van der Waals surface area (Å²) >= 11 is 0. The molecule has 0 heterocycles. The fourth-order valence-corrected chi connectivity index (χ4v) is 0.490. The standard InChI is InChI=1S/C9H14N/c1-10(2,3)9-7-5-4-6-8-9/h4-8H,1-3H3/q+1/i1D,2D3,4D,5D,6D,7D,8D. The summed E-state index contributed by atoms with van der Waals surface area (Å²) in [7, 11) is 0.498. The SMILES string of the molecule is [2H]C[N+](C)(c1c([2H])c([2H])c([2H])c([2H])c1[2H])C([2H])([2H])[2H]. The minimum Gasteiger partial charge on any atom is -0.298 e. The molecule has 0 aliphatic carbocycles. The number of para-hydroxylation sites is 1. The van der Waals surface area contributed by atoms with Crippen LogP contribution < -0.4 is 4.48 Å². The molecule has 1 atom stereocenters. The molecule has 1 unspecified atom stereocenters. The molecule has 0 bridgehead atoms. The van der Waals surface area contributed by atoms with Gasteiger partial charge in [-0.3, -0.25) is 4.48 Å². The van der Waals surface area contributed by atoms with E-state index in [1.54, 1.807) is 0 Å². The van der Waals surface area contributed by atoms with Crippen LogP contribution >= 0.6 is 0 Å². The van der Waals surface area contributed by atoms with E-state index in [1.165, 1.54) is 0 Å². The monoisotopic (exact) mass is 145 g/mol. The second-order valence-electron chi connectivity index (χ2n) is 2.17. The summed E-state index contributed by atoms with van der Waals surface area (Å²) in [5, 5.41) is 0. The molecule has 1 aromatic rings. The first kappa shape index (κ1) is 1.86. The smallest absolute Gasteiger partial charge is 0.132 e. The summed E-state index contributed by atoms with van der Waals surface area (Å²) in [5.74, 6) is 0. The van der Waals surface area contributed by atoms with E-state index in [9.17, 15) is 0 Å². The maximum absolute atomic E-state index is 7.75. The largest absolute Gasteiger partial charge is 0.298 e. The minimum absolute atomic E-state index is 0.388. The molecular formula is C9H14N+. The predicted octanol–water partition coefficient (Wildman–Crippen LogP) is 1.88. The zero-order valence-electron chi connectivity index (χ0n) is 14.7. The molecule has 0 amide bonds. The molecule has 0 fully saturated rings. The van der Waals surface area contributed by atoms with Crippen LogP contribution in [-0.4, -0.2) is 21.0 Å². The van der Waals surface area contributed by atoms with Gasteiger partial charge >= 0.3 is 0 Å². The summed E-state index contributed by atoms with van der Waals surface area (Å²) in [5.41, 5.74) is -0.388. The van der Waals surface area contributed by atoms with Gasteiger partial charge in [-0.05, 0) is 12.1 Å². The number of benzene rings is 1. The first-order chi connectivity index (χ1) is 8.49. The molecule has 0 aliphatic rings. The normalized spacial score (nSPS) is 30.3. The Balaban J connectivity index is 3.78. The molecule has 10 heavy (non-hydrogen) atoms. The zero-order chi connectivity index (χ0) is 15.2. The molecule has 0 N–H and O–H groups in total. The second-order valence-corrected chi connectivity index (χ2v) is 2.17. The first-order valence-corrected chi connectivity index (χ1v) is 2.71. The van der Waals surface area contributed by atoms with Gasteiger partial charge < -0.3 is 0 Å². The third kappa shape index (κ3) is 1.58. The lowest BCUT2D eigenvalue weighted by Crippen LogP contribution is -2.34. The molecule has 0 saturated carbocycles. The van der Waals surface area contributed by atoms with Crippen LogP contribution in [0.15, 0.2) is 30.2 Å². The summed E-state index contributed by atoms with van der Waals surface area (Å²) < 4.78 is 66.8. The van der Waals surface area contributed by atoms with E-state index >= 15 is 0 Å². The van der Waals surface area contributed by atoms with Crippen LogP contribution in [0.2, 0.25) is 0 Å². The lowest BCUT2D eigenvalue weighted by atomic mass is 10.3. The Kier molecular flexibility index (Phi) is 0.451. The Morgan fingerprint density at radius 3 is 2.60 bits per heavy atom. The van der Waals surface area contributed by atoms with Crippen LogP contribution in [0.4, 0.5) is 5.69 Å². The average molecular weight is 145 g/mol. The molecule has 1 heteroatoms. The fourth-order valence-electron chi connectivity index (χ4n) is 0.490. The Bertz CT molecular complexity index is 480. The first-order valence-electron chi connectivity index (χ1n) is 7.42. The number of rotatable bonds is 1. The lowest BCUT2D eigenvalue weighted by molar-refractivity contribution is 0.486. The van der Waals surface area contributed by atoms with Gasteiger partial charge in [-0.1, -0.05) is 18.1 Å². The van der Waals surface area contributed by atoms with Crippen molar-refractivity contribution in [2.45, 2.75) is 0 Å². The van der Waals surface area contributed by atoms with Crippen molar-refractivity contribution in [3.63, 3.8) is 0 Å². The van der Waals surface area contributed by atoms with E-state index in [4.69, 9.17) is 12.3 Å². The van der Waals surface area contributed by atoms with E-state index < -0.39 is 48.7 Å². The maximum atomic E-state index is 7.75. The van der Waals surface area contributed by atoms with Crippen molar-refractivity contribution in [1.29, 1.82) is 0 Å². The number of hydrogen-bond acceptors (Lipinski definition) is 0. The summed E-state index contributed by atoms with van der Waals surface area (Å²) in [6, 6.07) is -2.95. The number of nitrogens with zero attached hydrogens (tertiary/aromatic N) is 1. The van der Waals surface area contributed by atoms with Crippen molar-refractivity contribution >= 4 is 5.69 Å². The van der Waals surface area contributed by atoms with Crippen molar-refractivity contribution in [3.8, 4) is 0 Å². The van der Waals surface area contributed by atoms with Gasteiger partial charge in [0.1, 0.15) is 5.69 Å². The van der Waals surface area contributed by atoms with Crippen LogP contribution in [-0.2, 0) is 0 Å². The minimum atomic E-state index is -2.70. The van der Waals surface area contributed by atoms with Crippen molar-refractivity contribution < 1.29 is 12.3 Å². The molecule has 0 spiro atoms. The van der Waals surface area contributed by atoms with E-state index in [1.807, 2.05) is 0 Å². The summed E-state index contributed by atoms with van der Waals surface area (Å²) in [6.07, 6.45) is 0. The van der Waals surface area contributed by atoms with Crippen molar-refractivity contribution in [2.24, 2.45) is 0 Å². The molecule has 0 aliphatic heterocycles. The molecule has 1 aromatic carbocycles. The number of hydrogen-bond donors (Lipinski definition) is 0. The van der Waals surface area contributed by atoms with Gasteiger partial charge in [0.25, 0.3) is 0 Å². The Morgan fingerprint density at radius 1 is 1.40 bits per heavy atom. The Hall–Kier alpha value is -0.820. The van der Waals surface area contributed by atoms with E-state index in [0.29, 0.717) is 0 Å². The van der Waals surface area contributed by atoms with E-state index in [-0.39, 0.29) is 5.69 Å². The van der Waals surface area contributed by atoms with Crippen molar-refractivity contribution in [3.05, 3.63) is 30.2 Å². The van der Waals surface area contributed by atoms with Gasteiger partial charge in [0, 0.05) is 0 Å². The Labute approximate surface area is 75.1 Å². The molecule has 0 aromatic heterocycles. The Morgan fingerprint density at radius 2 is 2.10 bits per heavy atom. The quantitative estimate of drug-likeness (QED) is 0.529. The van der Waals surface area contributed by atoms with Gasteiger partial charge in [0.05, 0.1) is 33.4 Å². The average Bonchev–Trinajstić information content (AvgIpc) is 2.32. The molecule has 54 valence electrons. The third-order valence-corrected chi connectivity index (χ3v) is 0.980. The second kappa shape index (κ2) is 2.43. The zero-order valence-corrected chi connectivity index (χ0v) is 5.65. The van der Waals surface area contributed by atoms with Gasteiger partial charge in [0.2, 0.25) is 0 Å². The van der Waals surface area contributed by atoms with Crippen molar-refractivity contribution in [2.75, 3.05) is 21.0 Å². The van der Waals surface area contributed by atoms with Crippen LogP contribution in [0.3, 0.4) is 0 Å². The summed E-state index contributed by atoms with van der Waals surface area (Å²) in [4.78, 5) is 0. The van der Waals surface area contributed by atoms with Crippen LogP contribution in [0.1, 0.15) is 12.3 Å². The predicted molar refractivity (Wildman–Crippen MR) is 46.0 cm³/mol. The van der Waals surface area contributed by atoms with Crippen LogP contribution in [0.5, 0.6) is 0 Å². The molecule has 0 radical (unpaired) electrons. The number of quaternary nitrogens is 1. The van der Waals surface area contributed by atoms with E-state index in [0.717, 1.165) is 7.05 Å². The fraction of sp³-hybridized carbons (Fsp3) is 0.333. The van der Waals surface area contributed by atoms with Crippen molar-refractivity contribution in [1.82, 2.24) is 4.48 Å². The molecule has 0 saturated heterocycles. The maximum Gasteiger partial charge on any atom is 0.132 e. The van der Waals surface area contributed by atoms with Gasteiger partial charge in [-0.15, -0.1) is 0 Å². The topological polar surface area (TPSA) is 0 Å². The van der Waals surface area contributed by atoms with E-state index in [2.05, 4.69) is 0 Å². The molecule has 1 rings (SSSR count). The highest BCUT2D eigenvalue weighted by atomic mass is 15.3. The van der Waals surface area contributed by atoms with Gasteiger partial charge in [-0.2, -0.15) is 0 Å². The molecular weight excluding hydrogens is 122 g/mol. The third-order valence-electron chi connectivity index (χ3n) is 0.980. The highest BCUT2D eigenvalue weighted by Gasteiger charge is 2.08. The highest BCUT2D eigenvalue weighted by molar-refractivity contribution is 5.40. The lowest BCUT2D eigenvalue weighted by Gasteiger charge is -2.22. The van der Waals surface area contributed by atoms with Crippen LogP contribution in [0, 0.1) is 0 Å². The highest BCUT2D eigenvalue weighted by Crippen LogP contribution is 2.14.